The molecule has 1 unspecified atom stereocenters. The van der Waals surface area contributed by atoms with Crippen molar-refractivity contribution in [3.8, 4) is 0 Å². The molecule has 0 spiro atoms. The summed E-state index contributed by atoms with van der Waals surface area (Å²) in [5.74, 6) is 0. The van der Waals surface area contributed by atoms with Crippen LogP contribution in [0.25, 0.3) is 0 Å². The zero-order chi connectivity index (χ0) is 13.0. The topological polar surface area (TPSA) is 29.9 Å². The standard InChI is InChI=1S/C14H18IN3/c1-11(2)16-9-14(12-6-4-3-5-7-12)18-10-13(15)8-17-18/h3-8,10-11,14,16H,9H2,1-2H3. The van der Waals surface area contributed by atoms with E-state index in [2.05, 4.69) is 77.3 Å². The van der Waals surface area contributed by atoms with Gasteiger partial charge >= 0.3 is 0 Å². The van der Waals surface area contributed by atoms with E-state index in [9.17, 15) is 0 Å². The van der Waals surface area contributed by atoms with Crippen LogP contribution < -0.4 is 5.32 Å². The van der Waals surface area contributed by atoms with Crippen LogP contribution in [0, 0.1) is 3.57 Å². The van der Waals surface area contributed by atoms with Crippen molar-refractivity contribution in [1.29, 1.82) is 0 Å². The van der Waals surface area contributed by atoms with Crippen molar-refractivity contribution in [2.45, 2.75) is 25.9 Å². The van der Waals surface area contributed by atoms with Gasteiger partial charge in [0.05, 0.1) is 15.8 Å². The molecule has 18 heavy (non-hydrogen) atoms. The molecule has 1 aromatic carbocycles. The van der Waals surface area contributed by atoms with Gasteiger partial charge in [0.1, 0.15) is 0 Å². The summed E-state index contributed by atoms with van der Waals surface area (Å²) < 4.78 is 3.20. The molecule has 96 valence electrons. The summed E-state index contributed by atoms with van der Waals surface area (Å²) in [5.41, 5.74) is 1.28. The van der Waals surface area contributed by atoms with E-state index in [1.807, 2.05) is 16.9 Å². The maximum absolute atomic E-state index is 4.44. The Bertz CT molecular complexity index is 479. The van der Waals surface area contributed by atoms with Crippen molar-refractivity contribution in [1.82, 2.24) is 15.1 Å². The fourth-order valence-electron chi connectivity index (χ4n) is 1.87. The van der Waals surface area contributed by atoms with Crippen LogP contribution in [0.1, 0.15) is 25.5 Å². The number of hydrogen-bond donors (Lipinski definition) is 1. The third kappa shape index (κ3) is 3.55. The molecule has 0 fully saturated rings. The Kier molecular flexibility index (Phi) is 4.77. The molecule has 0 saturated carbocycles. The van der Waals surface area contributed by atoms with Gasteiger partial charge in [0.2, 0.25) is 0 Å². The lowest BCUT2D eigenvalue weighted by Crippen LogP contribution is -2.31. The predicted molar refractivity (Wildman–Crippen MR) is 82.7 cm³/mol. The van der Waals surface area contributed by atoms with E-state index < -0.39 is 0 Å². The number of aromatic nitrogens is 2. The van der Waals surface area contributed by atoms with Crippen LogP contribution >= 0.6 is 22.6 Å². The summed E-state index contributed by atoms with van der Waals surface area (Å²) >= 11 is 2.29. The second-order valence-electron chi connectivity index (χ2n) is 4.63. The summed E-state index contributed by atoms with van der Waals surface area (Å²) in [6.07, 6.45) is 3.98. The number of rotatable bonds is 5. The third-order valence-electron chi connectivity index (χ3n) is 2.79. The van der Waals surface area contributed by atoms with Gasteiger partial charge in [0, 0.05) is 18.8 Å². The van der Waals surface area contributed by atoms with Crippen LogP contribution in [0.5, 0.6) is 0 Å². The molecule has 0 aliphatic carbocycles. The third-order valence-corrected chi connectivity index (χ3v) is 3.35. The van der Waals surface area contributed by atoms with Gasteiger partial charge in [0.15, 0.2) is 0 Å². The van der Waals surface area contributed by atoms with Gasteiger partial charge in [-0.1, -0.05) is 44.2 Å². The zero-order valence-electron chi connectivity index (χ0n) is 10.7. The second-order valence-corrected chi connectivity index (χ2v) is 5.87. The number of halogens is 1. The van der Waals surface area contributed by atoms with Crippen LogP contribution in [0.15, 0.2) is 42.7 Å². The fourth-order valence-corrected chi connectivity index (χ4v) is 2.28. The molecule has 3 nitrogen and oxygen atoms in total. The number of nitrogens with one attached hydrogen (secondary N) is 1. The lowest BCUT2D eigenvalue weighted by molar-refractivity contribution is 0.455. The maximum Gasteiger partial charge on any atom is 0.0893 e. The van der Waals surface area contributed by atoms with Gasteiger partial charge in [-0.25, -0.2) is 0 Å². The van der Waals surface area contributed by atoms with Crippen LogP contribution in [-0.4, -0.2) is 22.4 Å². The molecular formula is C14H18IN3. The van der Waals surface area contributed by atoms with Crippen molar-refractivity contribution in [2.75, 3.05) is 6.54 Å². The summed E-state index contributed by atoms with van der Waals surface area (Å²) in [6, 6.07) is 11.2. The van der Waals surface area contributed by atoms with E-state index in [0.717, 1.165) is 10.1 Å². The quantitative estimate of drug-likeness (QED) is 0.836. The highest BCUT2D eigenvalue weighted by Crippen LogP contribution is 2.18. The van der Waals surface area contributed by atoms with E-state index in [0.29, 0.717) is 6.04 Å². The first-order chi connectivity index (χ1) is 8.66. The van der Waals surface area contributed by atoms with Crippen molar-refractivity contribution in [3.05, 3.63) is 51.9 Å². The summed E-state index contributed by atoms with van der Waals surface area (Å²) in [7, 11) is 0. The van der Waals surface area contributed by atoms with E-state index in [4.69, 9.17) is 0 Å². The molecule has 0 amide bonds. The van der Waals surface area contributed by atoms with Crippen LogP contribution in [-0.2, 0) is 0 Å². The molecule has 0 aliphatic rings. The minimum absolute atomic E-state index is 0.247. The highest BCUT2D eigenvalue weighted by Gasteiger charge is 2.14. The van der Waals surface area contributed by atoms with E-state index in [1.54, 1.807) is 0 Å². The van der Waals surface area contributed by atoms with Gasteiger partial charge in [-0.3, -0.25) is 4.68 Å². The second kappa shape index (κ2) is 6.33. The lowest BCUT2D eigenvalue weighted by Gasteiger charge is -2.20. The summed E-state index contributed by atoms with van der Waals surface area (Å²) in [6.45, 7) is 5.21. The Hall–Kier alpha value is -0.880. The Balaban J connectivity index is 2.23. The van der Waals surface area contributed by atoms with Crippen LogP contribution in [0.3, 0.4) is 0 Å². The average molecular weight is 355 g/mol. The van der Waals surface area contributed by atoms with Crippen molar-refractivity contribution in [3.63, 3.8) is 0 Å². The summed E-state index contributed by atoms with van der Waals surface area (Å²) in [4.78, 5) is 0. The normalized spacial score (nSPS) is 12.9. The highest BCUT2D eigenvalue weighted by atomic mass is 127. The number of hydrogen-bond acceptors (Lipinski definition) is 2. The predicted octanol–water partition coefficient (Wildman–Crippen LogP) is 3.08. The van der Waals surface area contributed by atoms with Gasteiger partial charge in [-0.2, -0.15) is 5.10 Å². The first kappa shape index (κ1) is 13.5. The molecule has 0 saturated heterocycles. The number of nitrogens with zero attached hydrogens (tertiary/aromatic N) is 2. The Morgan fingerprint density at radius 3 is 2.56 bits per heavy atom. The summed E-state index contributed by atoms with van der Waals surface area (Å²) in [5, 5.41) is 7.93. The average Bonchev–Trinajstić information content (AvgIpc) is 2.77. The van der Waals surface area contributed by atoms with Crippen molar-refractivity contribution < 1.29 is 0 Å². The monoisotopic (exact) mass is 355 g/mol. The highest BCUT2D eigenvalue weighted by molar-refractivity contribution is 14.1. The molecule has 1 atom stereocenters. The van der Waals surface area contributed by atoms with Gasteiger partial charge in [-0.15, -0.1) is 0 Å². The molecule has 0 radical (unpaired) electrons. The molecule has 2 rings (SSSR count). The molecule has 1 aromatic heterocycles. The van der Waals surface area contributed by atoms with Crippen molar-refractivity contribution in [2.24, 2.45) is 0 Å². The van der Waals surface area contributed by atoms with E-state index >= 15 is 0 Å². The molecule has 0 bridgehead atoms. The largest absolute Gasteiger partial charge is 0.312 e. The lowest BCUT2D eigenvalue weighted by atomic mass is 10.1. The van der Waals surface area contributed by atoms with Gasteiger partial charge < -0.3 is 5.32 Å². The molecule has 4 heteroatoms. The van der Waals surface area contributed by atoms with Crippen molar-refractivity contribution >= 4 is 22.6 Å². The number of benzene rings is 1. The molecular weight excluding hydrogens is 337 g/mol. The maximum atomic E-state index is 4.44. The Morgan fingerprint density at radius 2 is 2.00 bits per heavy atom. The van der Waals surface area contributed by atoms with Crippen LogP contribution in [0.2, 0.25) is 0 Å². The fraction of sp³-hybridized carbons (Fsp3) is 0.357. The minimum Gasteiger partial charge on any atom is -0.312 e. The Labute approximate surface area is 122 Å². The minimum atomic E-state index is 0.247. The molecule has 2 aromatic rings. The molecule has 1 heterocycles. The smallest absolute Gasteiger partial charge is 0.0893 e. The Morgan fingerprint density at radius 1 is 1.28 bits per heavy atom. The van der Waals surface area contributed by atoms with E-state index in [-0.39, 0.29) is 6.04 Å². The van der Waals surface area contributed by atoms with E-state index in [1.165, 1.54) is 5.56 Å². The van der Waals surface area contributed by atoms with Gasteiger partial charge in [-0.05, 0) is 28.2 Å². The molecule has 1 N–H and O–H groups in total. The first-order valence-electron chi connectivity index (χ1n) is 6.15. The van der Waals surface area contributed by atoms with Crippen LogP contribution in [0.4, 0.5) is 0 Å². The first-order valence-corrected chi connectivity index (χ1v) is 7.22. The molecule has 0 aliphatic heterocycles. The SMILES string of the molecule is CC(C)NCC(c1ccccc1)n1cc(I)cn1. The zero-order valence-corrected chi connectivity index (χ0v) is 12.8. The van der Waals surface area contributed by atoms with Gasteiger partial charge in [0.25, 0.3) is 0 Å².